The van der Waals surface area contributed by atoms with Crippen LogP contribution in [0.4, 0.5) is 0 Å². The van der Waals surface area contributed by atoms with E-state index in [1.807, 2.05) is 0 Å². The van der Waals surface area contributed by atoms with Gasteiger partial charge in [0.05, 0.1) is 12.3 Å². The van der Waals surface area contributed by atoms with Crippen molar-refractivity contribution in [3.8, 4) is 0 Å². The van der Waals surface area contributed by atoms with Crippen molar-refractivity contribution in [3.05, 3.63) is 0 Å². The van der Waals surface area contributed by atoms with Gasteiger partial charge in [0.15, 0.2) is 5.78 Å². The summed E-state index contributed by atoms with van der Waals surface area (Å²) in [6.07, 6.45) is 1.88. The van der Waals surface area contributed by atoms with Gasteiger partial charge in [0.1, 0.15) is 11.6 Å². The SMILES string of the molecule is CC(=O)CC(=O)C1CC(C(C)(C)C)CCC1=O. The van der Waals surface area contributed by atoms with Crippen molar-refractivity contribution in [1.82, 2.24) is 0 Å². The first-order valence-corrected chi connectivity index (χ1v) is 6.26. The number of carbonyl (C=O) groups excluding carboxylic acids is 3. The Bertz CT molecular complexity index is 336. The minimum absolute atomic E-state index is 0.0248. The zero-order chi connectivity index (χ0) is 13.2. The first-order valence-electron chi connectivity index (χ1n) is 6.26. The molecule has 0 bridgehead atoms. The Morgan fingerprint density at radius 3 is 2.35 bits per heavy atom. The van der Waals surface area contributed by atoms with E-state index in [9.17, 15) is 14.4 Å². The van der Waals surface area contributed by atoms with Crippen LogP contribution < -0.4 is 0 Å². The molecule has 0 amide bonds. The lowest BCUT2D eigenvalue weighted by Crippen LogP contribution is -2.36. The van der Waals surface area contributed by atoms with Gasteiger partial charge in [-0.05, 0) is 31.1 Å². The smallest absolute Gasteiger partial charge is 0.150 e. The van der Waals surface area contributed by atoms with Crippen LogP contribution in [0.2, 0.25) is 0 Å². The molecule has 0 aromatic carbocycles. The van der Waals surface area contributed by atoms with E-state index in [0.29, 0.717) is 18.8 Å². The van der Waals surface area contributed by atoms with Crippen LogP contribution in [-0.4, -0.2) is 17.3 Å². The van der Waals surface area contributed by atoms with Crippen LogP contribution in [0.5, 0.6) is 0 Å². The molecule has 0 aromatic rings. The summed E-state index contributed by atoms with van der Waals surface area (Å²) in [4.78, 5) is 34.6. The normalized spacial score (nSPS) is 25.8. The number of hydrogen-bond acceptors (Lipinski definition) is 3. The summed E-state index contributed by atoms with van der Waals surface area (Å²) in [5.41, 5.74) is 0.120. The molecule has 17 heavy (non-hydrogen) atoms. The van der Waals surface area contributed by atoms with Gasteiger partial charge in [-0.3, -0.25) is 14.4 Å². The average Bonchev–Trinajstić information content (AvgIpc) is 2.15. The quantitative estimate of drug-likeness (QED) is 0.710. The van der Waals surface area contributed by atoms with Crippen molar-refractivity contribution >= 4 is 17.3 Å². The topological polar surface area (TPSA) is 51.2 Å². The van der Waals surface area contributed by atoms with E-state index in [-0.39, 0.29) is 29.2 Å². The van der Waals surface area contributed by atoms with Crippen LogP contribution in [0, 0.1) is 17.3 Å². The van der Waals surface area contributed by atoms with Gasteiger partial charge in [-0.25, -0.2) is 0 Å². The van der Waals surface area contributed by atoms with Gasteiger partial charge < -0.3 is 0 Å². The fourth-order valence-electron chi connectivity index (χ4n) is 2.49. The van der Waals surface area contributed by atoms with E-state index in [1.54, 1.807) is 0 Å². The third kappa shape index (κ3) is 3.76. The molecule has 0 aromatic heterocycles. The molecule has 1 fully saturated rings. The van der Waals surface area contributed by atoms with Crippen molar-refractivity contribution in [2.75, 3.05) is 0 Å². The Hall–Kier alpha value is -0.990. The van der Waals surface area contributed by atoms with E-state index in [0.717, 1.165) is 6.42 Å². The van der Waals surface area contributed by atoms with Gasteiger partial charge in [-0.2, -0.15) is 0 Å². The summed E-state index contributed by atoms with van der Waals surface area (Å²) >= 11 is 0. The van der Waals surface area contributed by atoms with E-state index in [2.05, 4.69) is 20.8 Å². The van der Waals surface area contributed by atoms with E-state index in [1.165, 1.54) is 6.92 Å². The van der Waals surface area contributed by atoms with Crippen LogP contribution in [0.1, 0.15) is 53.4 Å². The van der Waals surface area contributed by atoms with Gasteiger partial charge in [-0.1, -0.05) is 20.8 Å². The van der Waals surface area contributed by atoms with Crippen LogP contribution in [0.3, 0.4) is 0 Å². The standard InChI is InChI=1S/C14H22O3/c1-9(15)7-13(17)11-8-10(14(2,3)4)5-6-12(11)16/h10-11H,5-8H2,1-4H3. The lowest BCUT2D eigenvalue weighted by molar-refractivity contribution is -0.137. The second-order valence-corrected chi connectivity index (χ2v) is 6.20. The Morgan fingerprint density at radius 2 is 1.88 bits per heavy atom. The third-order valence-electron chi connectivity index (χ3n) is 3.68. The summed E-state index contributed by atoms with van der Waals surface area (Å²) in [6, 6.07) is 0. The van der Waals surface area contributed by atoms with Gasteiger partial charge in [-0.15, -0.1) is 0 Å². The monoisotopic (exact) mass is 238 g/mol. The molecule has 2 atom stereocenters. The molecule has 3 heteroatoms. The van der Waals surface area contributed by atoms with Crippen LogP contribution in [0.25, 0.3) is 0 Å². The molecule has 96 valence electrons. The Balaban J connectivity index is 2.73. The van der Waals surface area contributed by atoms with Gasteiger partial charge in [0.25, 0.3) is 0 Å². The van der Waals surface area contributed by atoms with Crippen molar-refractivity contribution in [3.63, 3.8) is 0 Å². The molecule has 1 rings (SSSR count). The van der Waals surface area contributed by atoms with E-state index < -0.39 is 5.92 Å². The van der Waals surface area contributed by atoms with Crippen molar-refractivity contribution in [2.45, 2.75) is 53.4 Å². The summed E-state index contributed by atoms with van der Waals surface area (Å²) in [6.45, 7) is 7.81. The minimum Gasteiger partial charge on any atom is -0.300 e. The summed E-state index contributed by atoms with van der Waals surface area (Å²) in [5.74, 6) is -0.452. The van der Waals surface area contributed by atoms with Crippen molar-refractivity contribution in [2.24, 2.45) is 17.3 Å². The second kappa shape index (κ2) is 5.11. The lowest BCUT2D eigenvalue weighted by atomic mass is 9.67. The molecule has 0 spiro atoms. The average molecular weight is 238 g/mol. The molecule has 3 nitrogen and oxygen atoms in total. The highest BCUT2D eigenvalue weighted by Gasteiger charge is 2.38. The summed E-state index contributed by atoms with van der Waals surface area (Å²) in [7, 11) is 0. The molecule has 0 aliphatic heterocycles. The van der Waals surface area contributed by atoms with Crippen LogP contribution >= 0.6 is 0 Å². The van der Waals surface area contributed by atoms with E-state index in [4.69, 9.17) is 0 Å². The van der Waals surface area contributed by atoms with Crippen LogP contribution in [-0.2, 0) is 14.4 Å². The molecule has 0 radical (unpaired) electrons. The number of Topliss-reactive ketones (excluding diaryl/α,β-unsaturated/α-hetero) is 3. The maximum atomic E-state index is 11.8. The second-order valence-electron chi connectivity index (χ2n) is 6.20. The molecular weight excluding hydrogens is 216 g/mol. The Labute approximate surface area is 103 Å². The van der Waals surface area contributed by atoms with Crippen LogP contribution in [0.15, 0.2) is 0 Å². The number of rotatable bonds is 3. The summed E-state index contributed by atoms with van der Waals surface area (Å²) in [5, 5.41) is 0. The fraction of sp³-hybridized carbons (Fsp3) is 0.786. The maximum Gasteiger partial charge on any atom is 0.150 e. The highest BCUT2D eigenvalue weighted by Crippen LogP contribution is 2.39. The maximum absolute atomic E-state index is 11.8. The highest BCUT2D eigenvalue weighted by molar-refractivity contribution is 6.09. The predicted octanol–water partition coefficient (Wildman–Crippen LogP) is 2.57. The molecule has 2 unspecified atom stereocenters. The highest BCUT2D eigenvalue weighted by atomic mass is 16.2. The Morgan fingerprint density at radius 1 is 1.29 bits per heavy atom. The number of hydrogen-bond donors (Lipinski definition) is 0. The van der Waals surface area contributed by atoms with Crippen molar-refractivity contribution in [1.29, 1.82) is 0 Å². The number of ketones is 3. The molecule has 0 heterocycles. The molecule has 1 saturated carbocycles. The minimum atomic E-state index is -0.531. The first kappa shape index (κ1) is 14.1. The van der Waals surface area contributed by atoms with E-state index >= 15 is 0 Å². The first-order chi connectivity index (χ1) is 7.71. The molecule has 1 aliphatic carbocycles. The van der Waals surface area contributed by atoms with Gasteiger partial charge >= 0.3 is 0 Å². The fourth-order valence-corrected chi connectivity index (χ4v) is 2.49. The lowest BCUT2D eigenvalue weighted by Gasteiger charge is -2.36. The van der Waals surface area contributed by atoms with Crippen molar-refractivity contribution < 1.29 is 14.4 Å². The number of carbonyl (C=O) groups is 3. The zero-order valence-electron chi connectivity index (χ0n) is 11.2. The molecule has 1 aliphatic rings. The third-order valence-corrected chi connectivity index (χ3v) is 3.68. The zero-order valence-corrected chi connectivity index (χ0v) is 11.2. The molecule has 0 N–H and O–H groups in total. The Kier molecular flexibility index (Phi) is 4.23. The van der Waals surface area contributed by atoms with Gasteiger partial charge in [0.2, 0.25) is 0 Å². The van der Waals surface area contributed by atoms with Gasteiger partial charge in [0, 0.05) is 6.42 Å². The largest absolute Gasteiger partial charge is 0.300 e. The molecule has 0 saturated heterocycles. The summed E-state index contributed by atoms with van der Waals surface area (Å²) < 4.78 is 0. The molecular formula is C14H22O3. The predicted molar refractivity (Wildman–Crippen MR) is 65.6 cm³/mol.